The summed E-state index contributed by atoms with van der Waals surface area (Å²) in [7, 11) is 0. The zero-order valence-electron chi connectivity index (χ0n) is 9.46. The van der Waals surface area contributed by atoms with E-state index in [1.807, 2.05) is 6.92 Å². The van der Waals surface area contributed by atoms with Crippen LogP contribution in [0.1, 0.15) is 49.4 Å². The molecule has 4 heteroatoms. The summed E-state index contributed by atoms with van der Waals surface area (Å²) < 4.78 is 0. The van der Waals surface area contributed by atoms with Crippen molar-refractivity contribution < 1.29 is 0 Å². The Morgan fingerprint density at radius 1 is 1.19 bits per heavy atom. The molecule has 1 heterocycles. The molecule has 1 aromatic rings. The molecule has 0 saturated heterocycles. The predicted molar refractivity (Wildman–Crippen MR) is 65.0 cm³/mol. The average molecular weight is 238 g/mol. The summed E-state index contributed by atoms with van der Waals surface area (Å²) in [5, 5.41) is 4.08. The number of nitrogens with one attached hydrogen (secondary N) is 1. The molecule has 0 radical (unpaired) electrons. The third kappa shape index (κ3) is 1.88. The van der Waals surface area contributed by atoms with Gasteiger partial charge in [-0.05, 0) is 39.0 Å². The fourth-order valence-corrected chi connectivity index (χ4v) is 2.09. The fraction of sp³-hybridized carbons (Fsp3) is 0.667. The van der Waals surface area contributed by atoms with E-state index in [2.05, 4.69) is 15.3 Å². The molecule has 2 fully saturated rings. The summed E-state index contributed by atoms with van der Waals surface area (Å²) >= 11 is 6.14. The third-order valence-corrected chi connectivity index (χ3v) is 3.86. The monoisotopic (exact) mass is 237 g/mol. The van der Waals surface area contributed by atoms with E-state index in [1.54, 1.807) is 0 Å². The lowest BCUT2D eigenvalue weighted by molar-refractivity contribution is 0.444. The molecular formula is C12H16ClN3. The maximum Gasteiger partial charge on any atom is 0.137 e. The molecule has 2 saturated carbocycles. The van der Waals surface area contributed by atoms with Gasteiger partial charge in [-0.1, -0.05) is 11.6 Å². The van der Waals surface area contributed by atoms with Gasteiger partial charge in [0, 0.05) is 17.5 Å². The third-order valence-electron chi connectivity index (χ3n) is 3.49. The smallest absolute Gasteiger partial charge is 0.137 e. The molecule has 1 N–H and O–H groups in total. The van der Waals surface area contributed by atoms with Gasteiger partial charge in [-0.3, -0.25) is 0 Å². The van der Waals surface area contributed by atoms with Crippen LogP contribution in [0.3, 0.4) is 0 Å². The van der Waals surface area contributed by atoms with Crippen molar-refractivity contribution in [3.05, 3.63) is 16.5 Å². The highest BCUT2D eigenvalue weighted by Crippen LogP contribution is 2.39. The molecule has 3 rings (SSSR count). The van der Waals surface area contributed by atoms with E-state index < -0.39 is 0 Å². The first kappa shape index (κ1) is 10.3. The Balaban J connectivity index is 1.87. The molecule has 0 amide bonds. The van der Waals surface area contributed by atoms with Crippen molar-refractivity contribution in [1.82, 2.24) is 9.97 Å². The summed E-state index contributed by atoms with van der Waals surface area (Å²) in [5.74, 6) is 2.43. The van der Waals surface area contributed by atoms with Crippen LogP contribution in [0.25, 0.3) is 0 Å². The first-order chi connectivity index (χ1) is 7.74. The molecule has 3 nitrogen and oxygen atoms in total. The zero-order valence-corrected chi connectivity index (χ0v) is 10.2. The Kier molecular flexibility index (Phi) is 2.51. The quantitative estimate of drug-likeness (QED) is 0.820. The highest BCUT2D eigenvalue weighted by molar-refractivity contribution is 6.30. The molecule has 0 atom stereocenters. The van der Waals surface area contributed by atoms with Gasteiger partial charge >= 0.3 is 0 Å². The molecule has 86 valence electrons. The number of anilines is 1. The van der Waals surface area contributed by atoms with Crippen molar-refractivity contribution in [3.63, 3.8) is 0 Å². The van der Waals surface area contributed by atoms with Crippen molar-refractivity contribution >= 4 is 17.4 Å². The zero-order chi connectivity index (χ0) is 11.1. The lowest BCUT2D eigenvalue weighted by Gasteiger charge is -2.27. The Labute approximate surface area is 101 Å². The van der Waals surface area contributed by atoms with Crippen LogP contribution in [0, 0.1) is 6.92 Å². The molecule has 0 aliphatic heterocycles. The Hall–Kier alpha value is -0.830. The van der Waals surface area contributed by atoms with Gasteiger partial charge in [-0.15, -0.1) is 0 Å². The first-order valence-electron chi connectivity index (χ1n) is 6.04. The topological polar surface area (TPSA) is 37.8 Å². The molecule has 0 bridgehead atoms. The van der Waals surface area contributed by atoms with Crippen LogP contribution < -0.4 is 5.32 Å². The maximum atomic E-state index is 6.14. The van der Waals surface area contributed by atoms with E-state index in [-0.39, 0.29) is 0 Å². The van der Waals surface area contributed by atoms with Crippen LogP contribution in [0.4, 0.5) is 5.82 Å². The largest absolute Gasteiger partial charge is 0.367 e. The number of rotatable bonds is 3. The molecule has 16 heavy (non-hydrogen) atoms. The second-order valence-electron chi connectivity index (χ2n) is 4.89. The van der Waals surface area contributed by atoms with E-state index in [0.29, 0.717) is 17.1 Å². The lowest BCUT2D eigenvalue weighted by atomic mass is 9.93. The van der Waals surface area contributed by atoms with Crippen molar-refractivity contribution in [2.24, 2.45) is 0 Å². The van der Waals surface area contributed by atoms with Gasteiger partial charge in [0.15, 0.2) is 0 Å². The van der Waals surface area contributed by atoms with Gasteiger partial charge in [0.05, 0.1) is 0 Å². The number of halogens is 1. The van der Waals surface area contributed by atoms with Gasteiger partial charge in [0.25, 0.3) is 0 Å². The second-order valence-corrected chi connectivity index (χ2v) is 5.25. The van der Waals surface area contributed by atoms with Crippen LogP contribution in [0.15, 0.2) is 0 Å². The Morgan fingerprint density at radius 3 is 2.50 bits per heavy atom. The van der Waals surface area contributed by atoms with Crippen LogP contribution in [0.2, 0.25) is 5.15 Å². The number of nitrogens with zero attached hydrogens (tertiary/aromatic N) is 2. The van der Waals surface area contributed by atoms with Crippen LogP contribution in [-0.4, -0.2) is 16.0 Å². The number of hydrogen-bond donors (Lipinski definition) is 1. The second kappa shape index (κ2) is 3.88. The van der Waals surface area contributed by atoms with Crippen LogP contribution in [-0.2, 0) is 0 Å². The highest BCUT2D eigenvalue weighted by Gasteiger charge is 2.28. The fourth-order valence-electron chi connectivity index (χ4n) is 1.92. The van der Waals surface area contributed by atoms with Crippen LogP contribution >= 0.6 is 11.6 Å². The summed E-state index contributed by atoms with van der Waals surface area (Å²) in [5.41, 5.74) is 0.984. The van der Waals surface area contributed by atoms with E-state index >= 15 is 0 Å². The van der Waals surface area contributed by atoms with Gasteiger partial charge in [0.2, 0.25) is 0 Å². The predicted octanol–water partition coefficient (Wildman–Crippen LogP) is 3.28. The maximum absolute atomic E-state index is 6.14. The minimum Gasteiger partial charge on any atom is -0.367 e. The van der Waals surface area contributed by atoms with Gasteiger partial charge in [-0.2, -0.15) is 0 Å². The lowest BCUT2D eigenvalue weighted by Crippen LogP contribution is -2.28. The van der Waals surface area contributed by atoms with Gasteiger partial charge < -0.3 is 5.32 Å². The molecule has 0 spiro atoms. The summed E-state index contributed by atoms with van der Waals surface area (Å²) in [6.45, 7) is 1.99. The van der Waals surface area contributed by atoms with Crippen molar-refractivity contribution in [2.45, 2.75) is 51.0 Å². The van der Waals surface area contributed by atoms with E-state index in [9.17, 15) is 0 Å². The molecule has 1 aromatic heterocycles. The minimum absolute atomic E-state index is 0.556. The van der Waals surface area contributed by atoms with Crippen molar-refractivity contribution in [3.8, 4) is 0 Å². The summed E-state index contributed by atoms with van der Waals surface area (Å²) in [6, 6.07) is 0.594. The molecule has 2 aliphatic carbocycles. The standard InChI is InChI=1S/C12H16ClN3/c1-7-10(13)15-12(8-5-6-8)16-11(7)14-9-3-2-4-9/h8-9H,2-6H2,1H3,(H,14,15,16). The van der Waals surface area contributed by atoms with E-state index in [0.717, 1.165) is 17.2 Å². The molecule has 0 unspecified atom stereocenters. The van der Waals surface area contributed by atoms with Crippen molar-refractivity contribution in [2.75, 3.05) is 5.32 Å². The Morgan fingerprint density at radius 2 is 1.94 bits per heavy atom. The van der Waals surface area contributed by atoms with E-state index in [4.69, 9.17) is 11.6 Å². The van der Waals surface area contributed by atoms with Crippen LogP contribution in [0.5, 0.6) is 0 Å². The Bertz CT molecular complexity index is 411. The summed E-state index contributed by atoms with van der Waals surface area (Å²) in [6.07, 6.45) is 6.25. The number of aromatic nitrogens is 2. The normalized spacial score (nSPS) is 20.6. The molecule has 0 aromatic carbocycles. The average Bonchev–Trinajstić information content (AvgIpc) is 3.00. The molecule has 2 aliphatic rings. The minimum atomic E-state index is 0.556. The summed E-state index contributed by atoms with van der Waals surface area (Å²) in [4.78, 5) is 8.97. The van der Waals surface area contributed by atoms with Gasteiger partial charge in [-0.25, -0.2) is 9.97 Å². The SMILES string of the molecule is Cc1c(Cl)nc(C2CC2)nc1NC1CCC1. The first-order valence-corrected chi connectivity index (χ1v) is 6.42. The molecular weight excluding hydrogens is 222 g/mol. The number of hydrogen-bond acceptors (Lipinski definition) is 3. The van der Waals surface area contributed by atoms with Gasteiger partial charge in [0.1, 0.15) is 16.8 Å². The van der Waals surface area contributed by atoms with E-state index in [1.165, 1.54) is 32.1 Å². The highest BCUT2D eigenvalue weighted by atomic mass is 35.5. The van der Waals surface area contributed by atoms with Crippen molar-refractivity contribution in [1.29, 1.82) is 0 Å².